The number of nitrogens with one attached hydrogen (secondary N) is 2. The number of rotatable bonds is 7. The van der Waals surface area contributed by atoms with Crippen LogP contribution in [0.25, 0.3) is 0 Å². The van der Waals surface area contributed by atoms with Gasteiger partial charge in [0.2, 0.25) is 5.91 Å². The fraction of sp³-hybridized carbons (Fsp3) is 0.235. The summed E-state index contributed by atoms with van der Waals surface area (Å²) in [5.74, 6) is 0.147. The highest BCUT2D eigenvalue weighted by atomic mass is 32.2. The number of hydrazine groups is 1. The number of hydrogen-bond acceptors (Lipinski definition) is 4. The normalized spacial score (nSPS) is 11.1. The molecule has 0 aromatic heterocycles. The van der Waals surface area contributed by atoms with Crippen LogP contribution in [0, 0.1) is 6.92 Å². The van der Waals surface area contributed by atoms with Gasteiger partial charge in [0.05, 0.1) is 17.9 Å². The summed E-state index contributed by atoms with van der Waals surface area (Å²) in [6.07, 6.45) is 0.0894. The zero-order valence-corrected chi connectivity index (χ0v) is 14.4. The molecule has 2 aromatic carbocycles. The molecule has 0 bridgehead atoms. The molecule has 7 heteroatoms. The average molecular weight is 348 g/mol. The van der Waals surface area contributed by atoms with Gasteiger partial charge in [0.15, 0.2) is 0 Å². The Labute approximate surface area is 141 Å². The monoisotopic (exact) mass is 348 g/mol. The molecule has 0 aliphatic heterocycles. The van der Waals surface area contributed by atoms with Crippen molar-refractivity contribution in [3.8, 4) is 5.75 Å². The number of ether oxygens (including phenoxy) is 1. The summed E-state index contributed by atoms with van der Waals surface area (Å²) >= 11 is 0. The predicted molar refractivity (Wildman–Crippen MR) is 91.0 cm³/mol. The van der Waals surface area contributed by atoms with E-state index in [1.165, 1.54) is 12.1 Å². The zero-order valence-electron chi connectivity index (χ0n) is 13.6. The van der Waals surface area contributed by atoms with E-state index in [1.807, 2.05) is 38.1 Å². The van der Waals surface area contributed by atoms with Crippen LogP contribution in [0.1, 0.15) is 18.1 Å². The molecule has 0 atom stereocenters. The van der Waals surface area contributed by atoms with Crippen molar-refractivity contribution in [3.63, 3.8) is 0 Å². The van der Waals surface area contributed by atoms with E-state index in [-0.39, 0.29) is 11.3 Å². The molecule has 1 amide bonds. The van der Waals surface area contributed by atoms with Crippen LogP contribution in [0.4, 0.5) is 0 Å². The van der Waals surface area contributed by atoms with Gasteiger partial charge in [-0.1, -0.05) is 29.8 Å². The molecule has 24 heavy (non-hydrogen) atoms. The lowest BCUT2D eigenvalue weighted by Crippen LogP contribution is -2.42. The first-order valence-electron chi connectivity index (χ1n) is 7.50. The van der Waals surface area contributed by atoms with Gasteiger partial charge in [-0.2, -0.15) is 0 Å². The molecular weight excluding hydrogens is 328 g/mol. The maximum absolute atomic E-state index is 12.1. The van der Waals surface area contributed by atoms with Crippen molar-refractivity contribution in [1.29, 1.82) is 0 Å². The second kappa shape index (κ2) is 7.94. The van der Waals surface area contributed by atoms with Crippen molar-refractivity contribution in [2.75, 3.05) is 6.61 Å². The third-order valence-electron chi connectivity index (χ3n) is 3.26. The molecule has 0 unspecified atom stereocenters. The highest BCUT2D eigenvalue weighted by molar-refractivity contribution is 7.89. The van der Waals surface area contributed by atoms with Crippen molar-refractivity contribution in [2.24, 2.45) is 0 Å². The SMILES string of the molecule is CCOc1ccc(S(=O)(=O)NNC(=O)Cc2ccc(C)cc2)cc1. The number of hydrogen-bond donors (Lipinski definition) is 2. The minimum atomic E-state index is -3.82. The number of carbonyl (C=O) groups excluding carboxylic acids is 1. The third-order valence-corrected chi connectivity index (χ3v) is 4.52. The molecule has 2 rings (SSSR count). The van der Waals surface area contributed by atoms with Crippen molar-refractivity contribution in [1.82, 2.24) is 10.3 Å². The highest BCUT2D eigenvalue weighted by Crippen LogP contribution is 2.15. The Bertz CT molecular complexity index is 784. The van der Waals surface area contributed by atoms with Gasteiger partial charge in [0.1, 0.15) is 5.75 Å². The summed E-state index contributed by atoms with van der Waals surface area (Å²) in [5.41, 5.74) is 4.11. The Kier molecular flexibility index (Phi) is 5.94. The molecule has 0 spiro atoms. The fourth-order valence-electron chi connectivity index (χ4n) is 2.00. The Hall–Kier alpha value is -2.38. The topological polar surface area (TPSA) is 84.5 Å². The molecule has 0 heterocycles. The Balaban J connectivity index is 1.93. The second-order valence-electron chi connectivity index (χ2n) is 5.22. The molecule has 6 nitrogen and oxygen atoms in total. The standard InChI is InChI=1S/C17H20N2O4S/c1-3-23-15-8-10-16(11-9-15)24(21,22)19-18-17(20)12-14-6-4-13(2)5-7-14/h4-11,19H,3,12H2,1-2H3,(H,18,20). The van der Waals surface area contributed by atoms with E-state index in [1.54, 1.807) is 12.1 Å². The first-order chi connectivity index (χ1) is 11.4. The molecular formula is C17H20N2O4S. The van der Waals surface area contributed by atoms with Gasteiger partial charge in [-0.3, -0.25) is 10.2 Å². The first kappa shape index (κ1) is 18.0. The molecule has 2 N–H and O–H groups in total. The molecule has 0 aliphatic carbocycles. The summed E-state index contributed by atoms with van der Waals surface area (Å²) in [4.78, 5) is 14.0. The fourth-order valence-corrected chi connectivity index (χ4v) is 2.86. The molecule has 0 saturated heterocycles. The van der Waals surface area contributed by atoms with E-state index in [0.29, 0.717) is 12.4 Å². The summed E-state index contributed by atoms with van der Waals surface area (Å²) in [5, 5.41) is 0. The van der Waals surface area contributed by atoms with Crippen molar-refractivity contribution in [2.45, 2.75) is 25.2 Å². The van der Waals surface area contributed by atoms with E-state index < -0.39 is 15.9 Å². The van der Waals surface area contributed by atoms with Crippen molar-refractivity contribution in [3.05, 3.63) is 59.7 Å². The molecule has 2 aromatic rings. The van der Waals surface area contributed by atoms with Crippen LogP contribution in [0.3, 0.4) is 0 Å². The van der Waals surface area contributed by atoms with Gasteiger partial charge in [-0.25, -0.2) is 8.42 Å². The second-order valence-corrected chi connectivity index (χ2v) is 6.90. The molecule has 0 fully saturated rings. The Morgan fingerprint density at radius 2 is 1.67 bits per heavy atom. The van der Waals surface area contributed by atoms with Crippen molar-refractivity contribution < 1.29 is 17.9 Å². The number of amides is 1. The minimum Gasteiger partial charge on any atom is -0.494 e. The minimum absolute atomic E-state index is 0.0431. The van der Waals surface area contributed by atoms with E-state index in [9.17, 15) is 13.2 Å². The number of aryl methyl sites for hydroxylation is 1. The zero-order chi connectivity index (χ0) is 17.6. The van der Waals surface area contributed by atoms with Crippen LogP contribution in [0.5, 0.6) is 5.75 Å². The molecule has 0 saturated carbocycles. The van der Waals surface area contributed by atoms with Crippen LogP contribution in [-0.2, 0) is 21.2 Å². The average Bonchev–Trinajstić information content (AvgIpc) is 2.56. The number of benzene rings is 2. The summed E-state index contributed by atoms with van der Waals surface area (Å²) in [7, 11) is -3.82. The summed E-state index contributed by atoms with van der Waals surface area (Å²) < 4.78 is 29.5. The van der Waals surface area contributed by atoms with E-state index in [2.05, 4.69) is 10.3 Å². The molecule has 128 valence electrons. The number of carbonyl (C=O) groups is 1. The smallest absolute Gasteiger partial charge is 0.257 e. The first-order valence-corrected chi connectivity index (χ1v) is 8.98. The quantitative estimate of drug-likeness (QED) is 0.749. The van der Waals surface area contributed by atoms with Gasteiger partial charge < -0.3 is 4.74 Å². The van der Waals surface area contributed by atoms with Crippen LogP contribution < -0.4 is 15.0 Å². The Morgan fingerprint density at radius 1 is 1.04 bits per heavy atom. The Morgan fingerprint density at radius 3 is 2.25 bits per heavy atom. The van der Waals surface area contributed by atoms with Crippen LogP contribution in [0.15, 0.2) is 53.4 Å². The van der Waals surface area contributed by atoms with E-state index >= 15 is 0 Å². The number of sulfonamides is 1. The van der Waals surface area contributed by atoms with Crippen LogP contribution in [-0.4, -0.2) is 20.9 Å². The maximum Gasteiger partial charge on any atom is 0.257 e. The van der Waals surface area contributed by atoms with Gasteiger partial charge in [-0.15, -0.1) is 4.83 Å². The van der Waals surface area contributed by atoms with Crippen molar-refractivity contribution >= 4 is 15.9 Å². The summed E-state index contributed by atoms with van der Waals surface area (Å²) in [6, 6.07) is 13.4. The predicted octanol–water partition coefficient (Wildman–Crippen LogP) is 1.95. The molecule has 0 radical (unpaired) electrons. The maximum atomic E-state index is 12.1. The van der Waals surface area contributed by atoms with Gasteiger partial charge in [-0.05, 0) is 43.7 Å². The van der Waals surface area contributed by atoms with Gasteiger partial charge in [0, 0.05) is 0 Å². The van der Waals surface area contributed by atoms with Gasteiger partial charge >= 0.3 is 0 Å². The van der Waals surface area contributed by atoms with Gasteiger partial charge in [0.25, 0.3) is 10.0 Å². The lowest BCUT2D eigenvalue weighted by atomic mass is 10.1. The van der Waals surface area contributed by atoms with E-state index in [0.717, 1.165) is 11.1 Å². The highest BCUT2D eigenvalue weighted by Gasteiger charge is 2.15. The summed E-state index contributed by atoms with van der Waals surface area (Å²) in [6.45, 7) is 4.30. The van der Waals surface area contributed by atoms with Crippen LogP contribution >= 0.6 is 0 Å². The third kappa shape index (κ3) is 5.07. The van der Waals surface area contributed by atoms with Crippen LogP contribution in [0.2, 0.25) is 0 Å². The lowest BCUT2D eigenvalue weighted by Gasteiger charge is -2.09. The lowest BCUT2D eigenvalue weighted by molar-refractivity contribution is -0.120. The largest absolute Gasteiger partial charge is 0.494 e. The molecule has 0 aliphatic rings. The van der Waals surface area contributed by atoms with E-state index in [4.69, 9.17) is 4.74 Å².